The van der Waals surface area contributed by atoms with Crippen molar-refractivity contribution >= 4 is 5.69 Å². The van der Waals surface area contributed by atoms with E-state index in [4.69, 9.17) is 0 Å². The van der Waals surface area contributed by atoms with Gasteiger partial charge in [0, 0.05) is 43.9 Å². The summed E-state index contributed by atoms with van der Waals surface area (Å²) in [6.07, 6.45) is 0. The summed E-state index contributed by atoms with van der Waals surface area (Å²) in [4.78, 5) is 12.9. The molecule has 0 saturated carbocycles. The van der Waals surface area contributed by atoms with Crippen molar-refractivity contribution in [2.45, 2.75) is 26.4 Å². The lowest BCUT2D eigenvalue weighted by Gasteiger charge is -2.32. The molecular formula is C13H19N3O2. The molecule has 0 amide bonds. The molecule has 1 fully saturated rings. The van der Waals surface area contributed by atoms with E-state index in [0.29, 0.717) is 6.04 Å². The molecule has 0 spiro atoms. The van der Waals surface area contributed by atoms with Gasteiger partial charge in [0.15, 0.2) is 0 Å². The third-order valence-corrected chi connectivity index (χ3v) is 3.46. The van der Waals surface area contributed by atoms with Crippen molar-refractivity contribution in [1.82, 2.24) is 10.2 Å². The molecule has 0 aromatic heterocycles. The number of nitro benzene ring substituents is 1. The van der Waals surface area contributed by atoms with Crippen molar-refractivity contribution in [3.8, 4) is 0 Å². The summed E-state index contributed by atoms with van der Waals surface area (Å²) in [5.74, 6) is 0. The van der Waals surface area contributed by atoms with Crippen LogP contribution in [0.4, 0.5) is 5.69 Å². The highest BCUT2D eigenvalue weighted by Gasteiger charge is 2.18. The van der Waals surface area contributed by atoms with Crippen LogP contribution in [0.15, 0.2) is 18.2 Å². The van der Waals surface area contributed by atoms with Gasteiger partial charge in [0.25, 0.3) is 5.69 Å². The fraction of sp³-hybridized carbons (Fsp3) is 0.538. The number of nitro groups is 1. The van der Waals surface area contributed by atoms with Crippen molar-refractivity contribution in [3.63, 3.8) is 0 Å². The molecule has 0 unspecified atom stereocenters. The smallest absolute Gasteiger partial charge is 0.272 e. The molecule has 1 aliphatic heterocycles. The van der Waals surface area contributed by atoms with E-state index >= 15 is 0 Å². The molecule has 0 radical (unpaired) electrons. The highest BCUT2D eigenvalue weighted by molar-refractivity contribution is 5.44. The maximum absolute atomic E-state index is 10.9. The van der Waals surface area contributed by atoms with Gasteiger partial charge < -0.3 is 5.32 Å². The SMILES string of the molecule is Cc1c(CN2CCN[C@@H](C)C2)cccc1[N+](=O)[O-]. The van der Waals surface area contributed by atoms with E-state index in [0.717, 1.165) is 37.3 Å². The predicted octanol–water partition coefficient (Wildman–Crippen LogP) is 1.70. The molecule has 18 heavy (non-hydrogen) atoms. The first kappa shape index (κ1) is 13.0. The molecule has 0 aliphatic carbocycles. The van der Waals surface area contributed by atoms with Crippen LogP contribution in [-0.2, 0) is 6.54 Å². The lowest BCUT2D eigenvalue weighted by Crippen LogP contribution is -2.48. The fourth-order valence-corrected chi connectivity index (χ4v) is 2.44. The Morgan fingerprint density at radius 2 is 2.33 bits per heavy atom. The van der Waals surface area contributed by atoms with Gasteiger partial charge in [0.1, 0.15) is 0 Å². The van der Waals surface area contributed by atoms with E-state index in [1.165, 1.54) is 0 Å². The van der Waals surface area contributed by atoms with Crippen LogP contribution in [0.2, 0.25) is 0 Å². The van der Waals surface area contributed by atoms with Crippen molar-refractivity contribution < 1.29 is 4.92 Å². The first-order valence-corrected chi connectivity index (χ1v) is 6.26. The topological polar surface area (TPSA) is 58.4 Å². The lowest BCUT2D eigenvalue weighted by atomic mass is 10.1. The lowest BCUT2D eigenvalue weighted by molar-refractivity contribution is -0.385. The van der Waals surface area contributed by atoms with Crippen LogP contribution in [0.1, 0.15) is 18.1 Å². The maximum atomic E-state index is 10.9. The first-order valence-electron chi connectivity index (χ1n) is 6.26. The van der Waals surface area contributed by atoms with Gasteiger partial charge in [0.2, 0.25) is 0 Å². The Morgan fingerprint density at radius 3 is 3.00 bits per heavy atom. The zero-order valence-electron chi connectivity index (χ0n) is 10.8. The van der Waals surface area contributed by atoms with E-state index in [9.17, 15) is 10.1 Å². The van der Waals surface area contributed by atoms with Gasteiger partial charge in [-0.05, 0) is 19.4 Å². The third-order valence-electron chi connectivity index (χ3n) is 3.46. The second kappa shape index (κ2) is 5.46. The molecule has 1 heterocycles. The summed E-state index contributed by atoms with van der Waals surface area (Å²) in [5, 5.41) is 14.3. The van der Waals surface area contributed by atoms with Crippen LogP contribution in [0.3, 0.4) is 0 Å². The Balaban J connectivity index is 2.14. The van der Waals surface area contributed by atoms with Crippen LogP contribution in [0, 0.1) is 17.0 Å². The summed E-state index contributed by atoms with van der Waals surface area (Å²) >= 11 is 0. The zero-order chi connectivity index (χ0) is 13.1. The van der Waals surface area contributed by atoms with Gasteiger partial charge in [-0.1, -0.05) is 12.1 Å². The fourth-order valence-electron chi connectivity index (χ4n) is 2.44. The number of hydrogen-bond acceptors (Lipinski definition) is 4. The average molecular weight is 249 g/mol. The molecule has 0 bridgehead atoms. The van der Waals surface area contributed by atoms with Gasteiger partial charge in [-0.15, -0.1) is 0 Å². The Labute approximate surface area is 107 Å². The van der Waals surface area contributed by atoms with Crippen LogP contribution >= 0.6 is 0 Å². The highest BCUT2D eigenvalue weighted by atomic mass is 16.6. The molecule has 5 nitrogen and oxygen atoms in total. The quantitative estimate of drug-likeness (QED) is 0.654. The Bertz CT molecular complexity index is 448. The molecule has 1 aromatic carbocycles. The van der Waals surface area contributed by atoms with E-state index < -0.39 is 0 Å². The summed E-state index contributed by atoms with van der Waals surface area (Å²) in [5.41, 5.74) is 2.06. The van der Waals surface area contributed by atoms with Crippen LogP contribution < -0.4 is 5.32 Å². The van der Waals surface area contributed by atoms with Crippen molar-refractivity contribution in [2.75, 3.05) is 19.6 Å². The van der Waals surface area contributed by atoms with Crippen LogP contribution in [0.25, 0.3) is 0 Å². The van der Waals surface area contributed by atoms with Gasteiger partial charge >= 0.3 is 0 Å². The second-order valence-corrected chi connectivity index (χ2v) is 4.91. The second-order valence-electron chi connectivity index (χ2n) is 4.91. The molecular weight excluding hydrogens is 230 g/mol. The normalized spacial score (nSPS) is 20.9. The number of hydrogen-bond donors (Lipinski definition) is 1. The zero-order valence-corrected chi connectivity index (χ0v) is 10.8. The minimum absolute atomic E-state index is 0.218. The van der Waals surface area contributed by atoms with Crippen molar-refractivity contribution in [3.05, 3.63) is 39.4 Å². The van der Waals surface area contributed by atoms with Crippen LogP contribution in [0.5, 0.6) is 0 Å². The van der Waals surface area contributed by atoms with Gasteiger partial charge in [-0.2, -0.15) is 0 Å². The molecule has 98 valence electrons. The van der Waals surface area contributed by atoms with Crippen molar-refractivity contribution in [2.24, 2.45) is 0 Å². The molecule has 1 atom stereocenters. The summed E-state index contributed by atoms with van der Waals surface area (Å²) < 4.78 is 0. The number of nitrogens with zero attached hydrogens (tertiary/aromatic N) is 2. The Morgan fingerprint density at radius 1 is 1.56 bits per heavy atom. The Hall–Kier alpha value is -1.46. The Kier molecular flexibility index (Phi) is 3.93. The standard InChI is InChI=1S/C13H19N3O2/c1-10-8-15(7-6-14-10)9-12-4-3-5-13(11(12)2)16(17)18/h3-5,10,14H,6-9H2,1-2H3/t10-/m0/s1. The first-order chi connectivity index (χ1) is 8.58. The van der Waals surface area contributed by atoms with Crippen molar-refractivity contribution in [1.29, 1.82) is 0 Å². The molecule has 1 aromatic rings. The molecule has 1 N–H and O–H groups in total. The van der Waals surface area contributed by atoms with Gasteiger partial charge in [0.05, 0.1) is 4.92 Å². The molecule has 1 saturated heterocycles. The van der Waals surface area contributed by atoms with E-state index in [2.05, 4.69) is 17.1 Å². The average Bonchev–Trinajstić information content (AvgIpc) is 2.31. The van der Waals surface area contributed by atoms with E-state index in [1.807, 2.05) is 13.0 Å². The summed E-state index contributed by atoms with van der Waals surface area (Å²) in [6.45, 7) is 7.74. The predicted molar refractivity (Wildman–Crippen MR) is 70.6 cm³/mol. The summed E-state index contributed by atoms with van der Waals surface area (Å²) in [7, 11) is 0. The molecule has 1 aliphatic rings. The number of rotatable bonds is 3. The number of nitrogens with one attached hydrogen (secondary N) is 1. The minimum atomic E-state index is -0.306. The minimum Gasteiger partial charge on any atom is -0.312 e. The molecule has 5 heteroatoms. The maximum Gasteiger partial charge on any atom is 0.272 e. The monoisotopic (exact) mass is 249 g/mol. The van der Waals surface area contributed by atoms with Gasteiger partial charge in [-0.3, -0.25) is 15.0 Å². The summed E-state index contributed by atoms with van der Waals surface area (Å²) in [6, 6.07) is 5.80. The highest BCUT2D eigenvalue weighted by Crippen LogP contribution is 2.22. The molecule has 2 rings (SSSR count). The van der Waals surface area contributed by atoms with Crippen LogP contribution in [-0.4, -0.2) is 35.5 Å². The largest absolute Gasteiger partial charge is 0.312 e. The number of benzene rings is 1. The third kappa shape index (κ3) is 2.86. The van der Waals surface area contributed by atoms with E-state index in [-0.39, 0.29) is 10.6 Å². The van der Waals surface area contributed by atoms with Gasteiger partial charge in [-0.25, -0.2) is 0 Å². The van der Waals surface area contributed by atoms with E-state index in [1.54, 1.807) is 12.1 Å². The number of piperazine rings is 1.